The maximum absolute atomic E-state index is 12.2. The molecule has 0 aromatic heterocycles. The predicted octanol–water partition coefficient (Wildman–Crippen LogP) is 3.21. The molecule has 132 valence electrons. The number of thioether (sulfide) groups is 1. The SMILES string of the molecule is CC(NC(=O)CNc1ccccc1SCC(N)=O)c1ccc(Cl)cc1. The van der Waals surface area contributed by atoms with Crippen molar-refractivity contribution in [2.75, 3.05) is 17.6 Å². The van der Waals surface area contributed by atoms with Crippen LogP contribution in [0.2, 0.25) is 5.02 Å². The van der Waals surface area contributed by atoms with Gasteiger partial charge >= 0.3 is 0 Å². The van der Waals surface area contributed by atoms with Crippen LogP contribution >= 0.6 is 23.4 Å². The molecule has 0 aliphatic carbocycles. The third-order valence-corrected chi connectivity index (χ3v) is 4.79. The zero-order chi connectivity index (χ0) is 18.2. The van der Waals surface area contributed by atoms with Gasteiger partial charge in [-0.1, -0.05) is 35.9 Å². The molecule has 0 saturated heterocycles. The van der Waals surface area contributed by atoms with Crippen molar-refractivity contribution in [2.24, 2.45) is 5.73 Å². The van der Waals surface area contributed by atoms with Crippen molar-refractivity contribution in [2.45, 2.75) is 17.9 Å². The van der Waals surface area contributed by atoms with E-state index in [0.29, 0.717) is 5.02 Å². The highest BCUT2D eigenvalue weighted by molar-refractivity contribution is 8.00. The number of benzene rings is 2. The summed E-state index contributed by atoms with van der Waals surface area (Å²) in [6.07, 6.45) is 0. The molecule has 5 nitrogen and oxygen atoms in total. The molecule has 2 aromatic rings. The van der Waals surface area contributed by atoms with Gasteiger partial charge in [-0.15, -0.1) is 11.8 Å². The lowest BCUT2D eigenvalue weighted by Gasteiger charge is -2.16. The number of rotatable bonds is 8. The third-order valence-electron chi connectivity index (χ3n) is 3.44. The van der Waals surface area contributed by atoms with E-state index in [9.17, 15) is 9.59 Å². The Morgan fingerprint density at radius 2 is 1.84 bits per heavy atom. The van der Waals surface area contributed by atoms with E-state index in [1.807, 2.05) is 43.3 Å². The van der Waals surface area contributed by atoms with Crippen molar-refractivity contribution in [3.05, 3.63) is 59.1 Å². The van der Waals surface area contributed by atoms with Crippen LogP contribution in [0.1, 0.15) is 18.5 Å². The molecule has 0 saturated carbocycles. The van der Waals surface area contributed by atoms with Crippen LogP contribution in [0.25, 0.3) is 0 Å². The molecular weight excluding hydrogens is 358 g/mol. The van der Waals surface area contributed by atoms with Gasteiger partial charge in [-0.05, 0) is 36.8 Å². The van der Waals surface area contributed by atoms with Gasteiger partial charge in [-0.25, -0.2) is 0 Å². The van der Waals surface area contributed by atoms with E-state index in [1.165, 1.54) is 11.8 Å². The van der Waals surface area contributed by atoms with Crippen LogP contribution < -0.4 is 16.4 Å². The van der Waals surface area contributed by atoms with E-state index >= 15 is 0 Å². The second-order valence-electron chi connectivity index (χ2n) is 5.45. The minimum absolute atomic E-state index is 0.119. The molecule has 2 amide bonds. The average Bonchev–Trinajstić information content (AvgIpc) is 2.59. The van der Waals surface area contributed by atoms with Gasteiger partial charge in [0.15, 0.2) is 0 Å². The molecule has 1 atom stereocenters. The van der Waals surface area contributed by atoms with Crippen molar-refractivity contribution >= 4 is 40.9 Å². The Labute approximate surface area is 156 Å². The van der Waals surface area contributed by atoms with Crippen LogP contribution in [0.3, 0.4) is 0 Å². The molecular formula is C18H20ClN3O2S. The number of nitrogens with one attached hydrogen (secondary N) is 2. The number of hydrogen-bond acceptors (Lipinski definition) is 4. The minimum Gasteiger partial charge on any atom is -0.375 e. The van der Waals surface area contributed by atoms with Crippen LogP contribution in [0.5, 0.6) is 0 Å². The average molecular weight is 378 g/mol. The van der Waals surface area contributed by atoms with Gasteiger partial charge in [-0.2, -0.15) is 0 Å². The Balaban J connectivity index is 1.89. The van der Waals surface area contributed by atoms with Gasteiger partial charge in [0, 0.05) is 15.6 Å². The highest BCUT2D eigenvalue weighted by Gasteiger charge is 2.10. The fourth-order valence-corrected chi connectivity index (χ4v) is 3.08. The molecule has 2 rings (SSSR count). The summed E-state index contributed by atoms with van der Waals surface area (Å²) in [4.78, 5) is 24.0. The molecule has 4 N–H and O–H groups in total. The number of amides is 2. The molecule has 2 aromatic carbocycles. The summed E-state index contributed by atoms with van der Waals surface area (Å²) in [6.45, 7) is 2.05. The summed E-state index contributed by atoms with van der Waals surface area (Å²) >= 11 is 7.21. The van der Waals surface area contributed by atoms with E-state index in [2.05, 4.69) is 10.6 Å². The van der Waals surface area contributed by atoms with Gasteiger partial charge < -0.3 is 16.4 Å². The minimum atomic E-state index is -0.380. The molecule has 0 fully saturated rings. The second-order valence-corrected chi connectivity index (χ2v) is 6.90. The smallest absolute Gasteiger partial charge is 0.239 e. The Bertz CT molecular complexity index is 737. The Hall–Kier alpha value is -2.18. The van der Waals surface area contributed by atoms with Gasteiger partial charge in [0.05, 0.1) is 18.3 Å². The quantitative estimate of drug-likeness (QED) is 0.617. The number of halogens is 1. The van der Waals surface area contributed by atoms with Crippen molar-refractivity contribution in [3.63, 3.8) is 0 Å². The highest BCUT2D eigenvalue weighted by atomic mass is 35.5. The molecule has 1 unspecified atom stereocenters. The maximum atomic E-state index is 12.2. The lowest BCUT2D eigenvalue weighted by atomic mass is 10.1. The zero-order valence-corrected chi connectivity index (χ0v) is 15.4. The third kappa shape index (κ3) is 6.32. The zero-order valence-electron chi connectivity index (χ0n) is 13.8. The van der Waals surface area contributed by atoms with Crippen molar-refractivity contribution in [3.8, 4) is 0 Å². The molecule has 0 bridgehead atoms. The maximum Gasteiger partial charge on any atom is 0.239 e. The summed E-state index contributed by atoms with van der Waals surface area (Å²) in [5.41, 5.74) is 6.96. The van der Waals surface area contributed by atoms with Gasteiger partial charge in [-0.3, -0.25) is 9.59 Å². The van der Waals surface area contributed by atoms with Crippen LogP contribution in [-0.2, 0) is 9.59 Å². The monoisotopic (exact) mass is 377 g/mol. The van der Waals surface area contributed by atoms with Crippen LogP contribution in [0.15, 0.2) is 53.4 Å². The van der Waals surface area contributed by atoms with Crippen molar-refractivity contribution in [1.82, 2.24) is 5.32 Å². The fourth-order valence-electron chi connectivity index (χ4n) is 2.19. The Morgan fingerprint density at radius 3 is 2.52 bits per heavy atom. The van der Waals surface area contributed by atoms with Crippen LogP contribution in [0.4, 0.5) is 5.69 Å². The molecule has 0 aliphatic rings. The summed E-state index contributed by atoms with van der Waals surface area (Å²) in [5, 5.41) is 6.69. The topological polar surface area (TPSA) is 84.2 Å². The molecule has 0 aliphatic heterocycles. The first kappa shape index (κ1) is 19.1. The van der Waals surface area contributed by atoms with E-state index in [1.54, 1.807) is 12.1 Å². The van der Waals surface area contributed by atoms with Gasteiger partial charge in [0.2, 0.25) is 11.8 Å². The van der Waals surface area contributed by atoms with E-state index in [0.717, 1.165) is 16.1 Å². The first-order chi connectivity index (χ1) is 12.0. The van der Waals surface area contributed by atoms with E-state index in [-0.39, 0.29) is 30.2 Å². The summed E-state index contributed by atoms with van der Waals surface area (Å²) < 4.78 is 0. The van der Waals surface area contributed by atoms with Gasteiger partial charge in [0.25, 0.3) is 0 Å². The first-order valence-electron chi connectivity index (χ1n) is 7.74. The van der Waals surface area contributed by atoms with E-state index < -0.39 is 0 Å². The number of hydrogen-bond donors (Lipinski definition) is 3. The number of para-hydroxylation sites is 1. The number of anilines is 1. The summed E-state index contributed by atoms with van der Waals surface area (Å²) in [5.74, 6) is -0.315. The molecule has 0 radical (unpaired) electrons. The number of primary amides is 1. The number of carbonyl (C=O) groups excluding carboxylic acids is 2. The normalized spacial score (nSPS) is 11.6. The molecule has 7 heteroatoms. The molecule has 25 heavy (non-hydrogen) atoms. The van der Waals surface area contributed by atoms with Crippen molar-refractivity contribution < 1.29 is 9.59 Å². The summed E-state index contributed by atoms with van der Waals surface area (Å²) in [7, 11) is 0. The van der Waals surface area contributed by atoms with Crippen LogP contribution in [-0.4, -0.2) is 24.1 Å². The Morgan fingerprint density at radius 1 is 1.16 bits per heavy atom. The first-order valence-corrected chi connectivity index (χ1v) is 9.11. The second kappa shape index (κ2) is 9.34. The predicted molar refractivity (Wildman–Crippen MR) is 103 cm³/mol. The lowest BCUT2D eigenvalue weighted by molar-refractivity contribution is -0.120. The van der Waals surface area contributed by atoms with Gasteiger partial charge in [0.1, 0.15) is 0 Å². The number of nitrogens with two attached hydrogens (primary N) is 1. The van der Waals surface area contributed by atoms with Crippen molar-refractivity contribution in [1.29, 1.82) is 0 Å². The standard InChI is InChI=1S/C18H20ClN3O2S/c1-12(13-6-8-14(19)9-7-13)22-18(24)10-21-15-4-2-3-5-16(15)25-11-17(20)23/h2-9,12,21H,10-11H2,1H3,(H2,20,23)(H,22,24). The fraction of sp³-hybridized carbons (Fsp3) is 0.222. The largest absolute Gasteiger partial charge is 0.375 e. The van der Waals surface area contributed by atoms with Crippen LogP contribution in [0, 0.1) is 0 Å². The Kier molecular flexibility index (Phi) is 7.16. The highest BCUT2D eigenvalue weighted by Crippen LogP contribution is 2.26. The molecule has 0 spiro atoms. The van der Waals surface area contributed by atoms with E-state index in [4.69, 9.17) is 17.3 Å². The molecule has 0 heterocycles. The lowest BCUT2D eigenvalue weighted by Crippen LogP contribution is -2.32. The number of carbonyl (C=O) groups is 2. The summed E-state index contributed by atoms with van der Waals surface area (Å²) in [6, 6.07) is 14.7.